The minimum atomic E-state index is -1.09. The van der Waals surface area contributed by atoms with E-state index in [0.29, 0.717) is 35.5 Å². The predicted octanol–water partition coefficient (Wildman–Crippen LogP) is 30.1. The maximum absolute atomic E-state index is 15.4. The van der Waals surface area contributed by atoms with Crippen LogP contribution in [0.3, 0.4) is 0 Å². The molecule has 0 saturated heterocycles. The van der Waals surface area contributed by atoms with Gasteiger partial charge in [0, 0.05) is 16.2 Å². The van der Waals surface area contributed by atoms with Gasteiger partial charge in [0.15, 0.2) is 0 Å². The number of hydrogen-bond acceptors (Lipinski definition) is 0. The van der Waals surface area contributed by atoms with Crippen LogP contribution in [0.2, 0.25) is 0 Å². The highest BCUT2D eigenvalue weighted by molar-refractivity contribution is 5.03. The Hall–Kier alpha value is -0.490. The van der Waals surface area contributed by atoms with E-state index in [0.717, 1.165) is 103 Å². The second-order valence-corrected chi connectivity index (χ2v) is 33.2. The molecule has 0 aromatic rings. The molecule has 0 aliphatic heterocycles. The minimum absolute atomic E-state index is 0.0994. The Bertz CT molecular complexity index is 1540. The largest absolute Gasteiger partial charge is 0.244 e. The van der Waals surface area contributed by atoms with Gasteiger partial charge in [-0.3, -0.25) is 0 Å². The number of rotatable bonds is 30. The van der Waals surface area contributed by atoms with Crippen LogP contribution in [-0.4, -0.2) is 39.7 Å². The van der Waals surface area contributed by atoms with Crippen molar-refractivity contribution < 1.29 is 30.7 Å². The van der Waals surface area contributed by atoms with Crippen molar-refractivity contribution in [2.45, 2.75) is 419 Å². The summed E-state index contributed by atoms with van der Waals surface area (Å²) in [6, 6.07) is 0. The molecule has 0 spiro atoms. The van der Waals surface area contributed by atoms with Gasteiger partial charge in [0.25, 0.3) is 0 Å². The summed E-state index contributed by atoms with van der Waals surface area (Å²) in [6.07, 6.45) is 14.9. The quantitative estimate of drug-likeness (QED) is 0.0629. The van der Waals surface area contributed by atoms with E-state index in [1.54, 1.807) is 34.6 Å². The van der Waals surface area contributed by atoms with Gasteiger partial charge in [-0.2, -0.15) is 0 Å². The van der Waals surface area contributed by atoms with Gasteiger partial charge in [0.1, 0.15) is 39.7 Å². The molecule has 0 aromatic heterocycles. The van der Waals surface area contributed by atoms with Crippen LogP contribution in [0.15, 0.2) is 0 Å². The SMILES string of the molecule is CC(C)C(C(C)C)C(C)(F)C(C(C)C)C(C)C.CC(C)C(C(C)C)C(C)(F)C(C)C.CC1(F)CCCC1.CCC(C)(CC)C(C)(F)C(C)(CC)CC.CCC(C)(CC)C(C)(F)C(C)C.CCC(CC)C(C)(F)C(C)C.CCC(CC)C(C)(F)C(CC)CC. The van der Waals surface area contributed by atoms with Crippen LogP contribution >= 0.6 is 0 Å². The van der Waals surface area contributed by atoms with Crippen molar-refractivity contribution in [1.82, 2.24) is 0 Å². The lowest BCUT2D eigenvalue weighted by Crippen LogP contribution is -2.51. The topological polar surface area (TPSA) is 0 Å². The average molecular weight is 1270 g/mol. The first-order chi connectivity index (χ1) is 39.5. The van der Waals surface area contributed by atoms with Crippen LogP contribution in [0, 0.1) is 105 Å². The van der Waals surface area contributed by atoms with E-state index in [1.807, 2.05) is 62.3 Å². The van der Waals surface area contributed by atoms with Gasteiger partial charge in [-0.1, -0.05) is 280 Å². The number of alkyl halides is 7. The molecule has 0 radical (unpaired) electrons. The zero-order valence-electron chi connectivity index (χ0n) is 67.6. The summed E-state index contributed by atoms with van der Waals surface area (Å²) in [5.74, 6) is 3.86. The molecule has 1 fully saturated rings. The molecule has 88 heavy (non-hydrogen) atoms. The third-order valence-corrected chi connectivity index (χ3v) is 24.7. The normalized spacial score (nSPS) is 16.6. The van der Waals surface area contributed by atoms with Gasteiger partial charge >= 0.3 is 0 Å². The Morgan fingerprint density at radius 1 is 0.295 bits per heavy atom. The first kappa shape index (κ1) is 98.6. The highest BCUT2D eigenvalue weighted by Crippen LogP contribution is 2.54. The molecule has 0 nitrogen and oxygen atoms in total. The molecule has 7 heteroatoms. The van der Waals surface area contributed by atoms with E-state index in [2.05, 4.69) is 180 Å². The molecular weight excluding hydrogens is 1110 g/mol. The van der Waals surface area contributed by atoms with Crippen LogP contribution in [0.4, 0.5) is 30.7 Å². The van der Waals surface area contributed by atoms with Crippen molar-refractivity contribution in [3.05, 3.63) is 0 Å². The zero-order chi connectivity index (χ0) is 72.0. The molecular formula is C81H167F7. The second kappa shape index (κ2) is 43.6. The van der Waals surface area contributed by atoms with Crippen LogP contribution in [-0.2, 0) is 0 Å². The molecule has 3 unspecified atom stereocenters. The van der Waals surface area contributed by atoms with Crippen molar-refractivity contribution in [3.63, 3.8) is 0 Å². The highest BCUT2D eigenvalue weighted by atomic mass is 19.2. The van der Waals surface area contributed by atoms with Crippen LogP contribution < -0.4 is 0 Å². The molecule has 0 heterocycles. The Morgan fingerprint density at radius 3 is 0.614 bits per heavy atom. The van der Waals surface area contributed by atoms with E-state index >= 15 is 8.78 Å². The molecule has 1 aliphatic carbocycles. The predicted molar refractivity (Wildman–Crippen MR) is 387 cm³/mol. The number of halogens is 7. The van der Waals surface area contributed by atoms with Gasteiger partial charge in [-0.15, -0.1) is 0 Å². The monoisotopic (exact) mass is 1270 g/mol. The van der Waals surface area contributed by atoms with E-state index in [1.165, 1.54) is 0 Å². The Balaban J connectivity index is -0.000000225. The van der Waals surface area contributed by atoms with Gasteiger partial charge in [0.2, 0.25) is 0 Å². The Morgan fingerprint density at radius 2 is 0.500 bits per heavy atom. The standard InChI is InChI=1S/C16H33F.C14H29F.2C12H25F.C11H23F.C10H21F.C6H11F/c1-10(2)14(11(3)4)16(9,17)15(12(5)6)13(7)8;1-8-12(5,9-2)14(7,15)13(6,10-3)11-4;1-8(2)11(9(3)4)12(7,13)10(5)6;1-6-10(7-2)12(5,13)11(8-3)9-4;1-7-10(5,8-2)11(6,12)9(3)4;1-6-9(7-2)10(5,11)8(3)4;1-6(7)4-2-3-5-6/h10-15H,1-9H3;8-11H2,1-7H3;8-11H,1-7H3;10-11H,6-9H2,1-5H3;9H,7-8H2,1-6H3;8-9H,6-7H2,1-5H3;2-5H2,1H3. The summed E-state index contributed by atoms with van der Waals surface area (Å²) >= 11 is 0. The van der Waals surface area contributed by atoms with Gasteiger partial charge in [-0.25, -0.2) is 30.7 Å². The molecule has 1 aliphatic rings. The van der Waals surface area contributed by atoms with Crippen LogP contribution in [0.5, 0.6) is 0 Å². The highest BCUT2D eigenvalue weighted by Gasteiger charge is 2.54. The van der Waals surface area contributed by atoms with Crippen molar-refractivity contribution in [2.75, 3.05) is 0 Å². The Kier molecular flexibility index (Phi) is 48.8. The van der Waals surface area contributed by atoms with Crippen molar-refractivity contribution in [1.29, 1.82) is 0 Å². The minimum Gasteiger partial charge on any atom is -0.244 e. The van der Waals surface area contributed by atoms with Crippen LogP contribution in [0.1, 0.15) is 380 Å². The third-order valence-electron chi connectivity index (χ3n) is 24.7. The molecule has 0 amide bonds. The summed E-state index contributed by atoms with van der Waals surface area (Å²) < 4.78 is 100. The summed E-state index contributed by atoms with van der Waals surface area (Å²) in [5, 5.41) is 0. The molecule has 1 rings (SSSR count). The maximum Gasteiger partial charge on any atom is 0.118 e. The zero-order valence-corrected chi connectivity index (χ0v) is 67.6. The van der Waals surface area contributed by atoms with Crippen LogP contribution in [0.25, 0.3) is 0 Å². The average Bonchev–Trinajstić information content (AvgIpc) is 3.81. The lowest BCUT2D eigenvalue weighted by atomic mass is 9.57. The van der Waals surface area contributed by atoms with Gasteiger partial charge < -0.3 is 0 Å². The smallest absolute Gasteiger partial charge is 0.118 e. The summed E-state index contributed by atoms with van der Waals surface area (Å²) in [4.78, 5) is 0. The third kappa shape index (κ3) is 29.7. The fourth-order valence-corrected chi connectivity index (χ4v) is 16.2. The lowest BCUT2D eigenvalue weighted by Gasteiger charge is -2.51. The number of hydrogen-bond donors (Lipinski definition) is 0. The first-order valence-electron chi connectivity index (χ1n) is 37.3. The van der Waals surface area contributed by atoms with Crippen molar-refractivity contribution in [2.24, 2.45) is 105 Å². The van der Waals surface area contributed by atoms with E-state index < -0.39 is 39.7 Å². The van der Waals surface area contributed by atoms with E-state index in [4.69, 9.17) is 0 Å². The summed E-state index contributed by atoms with van der Waals surface area (Å²) in [5.41, 5.74) is -7.57. The fourth-order valence-electron chi connectivity index (χ4n) is 16.2. The molecule has 0 bridgehead atoms. The summed E-state index contributed by atoms with van der Waals surface area (Å²) in [7, 11) is 0. The molecule has 1 saturated carbocycles. The Labute approximate surface area is 552 Å². The van der Waals surface area contributed by atoms with E-state index in [9.17, 15) is 22.0 Å². The first-order valence-corrected chi connectivity index (χ1v) is 37.3. The molecule has 0 aromatic carbocycles. The summed E-state index contributed by atoms with van der Waals surface area (Å²) in [6.45, 7) is 81.1. The van der Waals surface area contributed by atoms with Gasteiger partial charge in [0.05, 0.1) is 0 Å². The lowest BCUT2D eigenvalue weighted by molar-refractivity contribution is -0.0946. The fraction of sp³-hybridized carbons (Fsp3) is 1.00. The molecule has 3 atom stereocenters. The van der Waals surface area contributed by atoms with Crippen molar-refractivity contribution in [3.8, 4) is 0 Å². The van der Waals surface area contributed by atoms with Crippen molar-refractivity contribution >= 4 is 0 Å². The van der Waals surface area contributed by atoms with Gasteiger partial charge in [-0.05, 0) is 189 Å². The molecule has 0 N–H and O–H groups in total. The van der Waals surface area contributed by atoms with E-state index in [-0.39, 0.29) is 69.5 Å². The maximum atomic E-state index is 15.4. The molecule has 540 valence electrons. The second-order valence-electron chi connectivity index (χ2n) is 33.2.